The number of carbonyl (C=O) groups is 1. The molecular weight excluding hydrogens is 216 g/mol. The lowest BCUT2D eigenvalue weighted by Gasteiger charge is -2.08. The van der Waals surface area contributed by atoms with Crippen LogP contribution < -0.4 is 0 Å². The van der Waals surface area contributed by atoms with E-state index in [2.05, 4.69) is 6.92 Å². The fourth-order valence-electron chi connectivity index (χ4n) is 2.25. The summed E-state index contributed by atoms with van der Waals surface area (Å²) in [5.74, 6) is -0.939. The van der Waals surface area contributed by atoms with Gasteiger partial charge in [0.15, 0.2) is 0 Å². The van der Waals surface area contributed by atoms with Gasteiger partial charge in [-0.3, -0.25) is 4.79 Å². The summed E-state index contributed by atoms with van der Waals surface area (Å²) in [5, 5.41) is 9.00. The molecule has 0 aliphatic carbocycles. The molecule has 0 saturated carbocycles. The molecule has 1 N–H and O–H groups in total. The maximum absolute atomic E-state index is 10.9. The van der Waals surface area contributed by atoms with E-state index in [0.29, 0.717) is 6.61 Å². The van der Waals surface area contributed by atoms with Gasteiger partial charge < -0.3 is 9.84 Å². The number of hydrogen-bond donors (Lipinski definition) is 1. The van der Waals surface area contributed by atoms with Gasteiger partial charge in [-0.25, -0.2) is 0 Å². The molecule has 0 bridgehead atoms. The third kappa shape index (κ3) is 6.67. The third-order valence-electron chi connectivity index (χ3n) is 3.49. The van der Waals surface area contributed by atoms with Crippen LogP contribution >= 0.6 is 0 Å². The van der Waals surface area contributed by atoms with Crippen molar-refractivity contribution in [3.05, 3.63) is 0 Å². The minimum Gasteiger partial charge on any atom is -0.481 e. The van der Waals surface area contributed by atoms with Gasteiger partial charge in [-0.2, -0.15) is 0 Å². The maximum atomic E-state index is 10.9. The number of ether oxygens (including phenoxy) is 1. The van der Waals surface area contributed by atoms with Crippen LogP contribution in [0.3, 0.4) is 0 Å². The van der Waals surface area contributed by atoms with E-state index in [0.717, 1.165) is 12.8 Å². The quantitative estimate of drug-likeness (QED) is 0.444. The van der Waals surface area contributed by atoms with Crippen LogP contribution in [0.5, 0.6) is 0 Å². The van der Waals surface area contributed by atoms with E-state index in [1.54, 1.807) is 0 Å². The smallest absolute Gasteiger partial charge is 0.309 e. The van der Waals surface area contributed by atoms with Crippen LogP contribution in [0.4, 0.5) is 0 Å². The van der Waals surface area contributed by atoms with E-state index < -0.39 is 5.97 Å². The van der Waals surface area contributed by atoms with Crippen LogP contribution in [0, 0.1) is 5.92 Å². The van der Waals surface area contributed by atoms with Gasteiger partial charge in [-0.15, -0.1) is 0 Å². The zero-order valence-electron chi connectivity index (χ0n) is 11.0. The fourth-order valence-corrected chi connectivity index (χ4v) is 2.25. The Morgan fingerprint density at radius 3 is 2.18 bits per heavy atom. The maximum Gasteiger partial charge on any atom is 0.309 e. The first-order valence-electron chi connectivity index (χ1n) is 7.10. The molecular formula is C14H26O3. The lowest BCUT2D eigenvalue weighted by molar-refractivity contribution is -0.142. The van der Waals surface area contributed by atoms with Crippen LogP contribution in [0.15, 0.2) is 0 Å². The van der Waals surface area contributed by atoms with Crippen molar-refractivity contribution in [3.8, 4) is 0 Å². The molecule has 0 aromatic carbocycles. The minimum atomic E-state index is -0.685. The van der Waals surface area contributed by atoms with Gasteiger partial charge in [0.05, 0.1) is 18.6 Å². The summed E-state index contributed by atoms with van der Waals surface area (Å²) in [6.45, 7) is 2.87. The predicted octanol–water partition coefficient (Wildman–Crippen LogP) is 3.62. The van der Waals surface area contributed by atoms with Gasteiger partial charge in [-0.1, -0.05) is 58.3 Å². The molecule has 1 fully saturated rings. The van der Waals surface area contributed by atoms with E-state index in [9.17, 15) is 4.79 Å². The lowest BCUT2D eigenvalue weighted by atomic mass is 9.97. The second kappa shape index (κ2) is 8.51. The summed E-state index contributed by atoms with van der Waals surface area (Å²) < 4.78 is 5.07. The van der Waals surface area contributed by atoms with Crippen LogP contribution in [0.1, 0.15) is 64.7 Å². The van der Waals surface area contributed by atoms with Crippen molar-refractivity contribution >= 4 is 5.97 Å². The van der Waals surface area contributed by atoms with E-state index in [4.69, 9.17) is 9.84 Å². The monoisotopic (exact) mass is 242 g/mol. The molecule has 17 heavy (non-hydrogen) atoms. The Hall–Kier alpha value is -0.570. The van der Waals surface area contributed by atoms with Gasteiger partial charge in [0.2, 0.25) is 0 Å². The van der Waals surface area contributed by atoms with Crippen molar-refractivity contribution in [1.29, 1.82) is 0 Å². The van der Waals surface area contributed by atoms with E-state index in [1.807, 2.05) is 0 Å². The number of rotatable bonds is 11. The van der Waals surface area contributed by atoms with E-state index in [-0.39, 0.29) is 12.0 Å². The molecule has 3 nitrogen and oxygen atoms in total. The highest BCUT2D eigenvalue weighted by Gasteiger charge is 2.37. The lowest BCUT2D eigenvalue weighted by Crippen LogP contribution is -2.19. The highest BCUT2D eigenvalue weighted by Crippen LogP contribution is 2.25. The Balaban J connectivity index is 1.90. The second-order valence-corrected chi connectivity index (χ2v) is 5.08. The summed E-state index contributed by atoms with van der Waals surface area (Å²) in [6.07, 6.45) is 10.9. The molecule has 0 aromatic heterocycles. The Kier molecular flexibility index (Phi) is 7.25. The predicted molar refractivity (Wildman–Crippen MR) is 68.1 cm³/mol. The van der Waals surface area contributed by atoms with Crippen molar-refractivity contribution in [1.82, 2.24) is 0 Å². The first kappa shape index (κ1) is 14.5. The molecule has 0 spiro atoms. The van der Waals surface area contributed by atoms with Crippen molar-refractivity contribution in [2.45, 2.75) is 70.8 Å². The first-order chi connectivity index (χ1) is 8.25. The van der Waals surface area contributed by atoms with Gasteiger partial charge in [0, 0.05) is 0 Å². The molecule has 1 saturated heterocycles. The highest BCUT2D eigenvalue weighted by molar-refractivity contribution is 5.71. The van der Waals surface area contributed by atoms with Crippen LogP contribution in [-0.4, -0.2) is 23.8 Å². The van der Waals surface area contributed by atoms with Gasteiger partial charge in [0.25, 0.3) is 0 Å². The normalized spacial score (nSPS) is 20.2. The summed E-state index contributed by atoms with van der Waals surface area (Å²) in [7, 11) is 0. The molecule has 1 heterocycles. The van der Waals surface area contributed by atoms with Gasteiger partial charge in [-0.05, 0) is 6.42 Å². The number of aliphatic carboxylic acids is 1. The van der Waals surface area contributed by atoms with Crippen LogP contribution in [0.25, 0.3) is 0 Å². The summed E-state index contributed by atoms with van der Waals surface area (Å²) in [4.78, 5) is 10.9. The number of carboxylic acids is 1. The Labute approximate surface area is 105 Å². The van der Waals surface area contributed by atoms with Gasteiger partial charge in [0.1, 0.15) is 0 Å². The SMILES string of the molecule is CCCCCCCCCCC(C(=O)O)C1CO1. The Morgan fingerprint density at radius 1 is 1.18 bits per heavy atom. The Bertz CT molecular complexity index is 212. The zero-order chi connectivity index (χ0) is 12.5. The second-order valence-electron chi connectivity index (χ2n) is 5.08. The zero-order valence-corrected chi connectivity index (χ0v) is 11.0. The molecule has 0 radical (unpaired) electrons. The topological polar surface area (TPSA) is 49.8 Å². The molecule has 2 unspecified atom stereocenters. The molecule has 3 heteroatoms. The first-order valence-corrected chi connectivity index (χ1v) is 7.10. The van der Waals surface area contributed by atoms with Crippen molar-refractivity contribution in [3.63, 3.8) is 0 Å². The average molecular weight is 242 g/mol. The summed E-state index contributed by atoms with van der Waals surface area (Å²) in [6, 6.07) is 0. The van der Waals surface area contributed by atoms with Crippen molar-refractivity contribution in [2.24, 2.45) is 5.92 Å². The average Bonchev–Trinajstić information content (AvgIpc) is 3.10. The van der Waals surface area contributed by atoms with Crippen LogP contribution in [0.2, 0.25) is 0 Å². The number of unbranched alkanes of at least 4 members (excludes halogenated alkanes) is 7. The molecule has 1 aliphatic heterocycles. The third-order valence-corrected chi connectivity index (χ3v) is 3.49. The summed E-state index contributed by atoms with van der Waals surface area (Å²) in [5.41, 5.74) is 0. The number of epoxide rings is 1. The largest absolute Gasteiger partial charge is 0.481 e. The van der Waals surface area contributed by atoms with Crippen molar-refractivity contribution in [2.75, 3.05) is 6.61 Å². The standard InChI is InChI=1S/C14H26O3/c1-2-3-4-5-6-7-8-9-10-12(14(15)16)13-11-17-13/h12-13H,2-11H2,1H3,(H,15,16). The molecule has 0 aromatic rings. The minimum absolute atomic E-state index is 0.0112. The van der Waals surface area contributed by atoms with E-state index >= 15 is 0 Å². The molecule has 1 aliphatic rings. The fraction of sp³-hybridized carbons (Fsp3) is 0.929. The molecule has 1 rings (SSSR count). The Morgan fingerprint density at radius 2 is 1.71 bits per heavy atom. The van der Waals surface area contributed by atoms with Crippen LogP contribution in [-0.2, 0) is 9.53 Å². The molecule has 100 valence electrons. The number of hydrogen-bond acceptors (Lipinski definition) is 2. The summed E-state index contributed by atoms with van der Waals surface area (Å²) >= 11 is 0. The molecule has 0 amide bonds. The number of carboxylic acid groups (broad SMARTS) is 1. The highest BCUT2D eigenvalue weighted by atomic mass is 16.6. The molecule has 2 atom stereocenters. The van der Waals surface area contributed by atoms with E-state index in [1.165, 1.54) is 44.9 Å². The van der Waals surface area contributed by atoms with Crippen molar-refractivity contribution < 1.29 is 14.6 Å². The van der Waals surface area contributed by atoms with Gasteiger partial charge >= 0.3 is 5.97 Å².